The minimum atomic E-state index is -0.00379. The summed E-state index contributed by atoms with van der Waals surface area (Å²) in [4.78, 5) is 0. The monoisotopic (exact) mass is 328 g/mol. The van der Waals surface area contributed by atoms with Gasteiger partial charge in [0.05, 0.1) is 24.3 Å². The third-order valence-corrected chi connectivity index (χ3v) is 4.31. The van der Waals surface area contributed by atoms with Gasteiger partial charge in [-0.1, -0.05) is 6.92 Å². The second-order valence-electron chi connectivity index (χ2n) is 5.27. The SMILES string of the molecule is COc1cc(CO)cc(Br)c1OC1CCC(C)CC1. The van der Waals surface area contributed by atoms with Gasteiger partial charge in [0.15, 0.2) is 11.5 Å². The second kappa shape index (κ2) is 6.62. The van der Waals surface area contributed by atoms with Crippen molar-refractivity contribution in [3.8, 4) is 11.5 Å². The molecule has 0 spiro atoms. The molecule has 0 aromatic heterocycles. The van der Waals surface area contributed by atoms with E-state index >= 15 is 0 Å². The summed E-state index contributed by atoms with van der Waals surface area (Å²) in [5.74, 6) is 2.23. The summed E-state index contributed by atoms with van der Waals surface area (Å²) < 4.78 is 12.3. The van der Waals surface area contributed by atoms with Crippen LogP contribution in [0.1, 0.15) is 38.2 Å². The lowest BCUT2D eigenvalue weighted by molar-refractivity contribution is 0.130. The van der Waals surface area contributed by atoms with E-state index in [4.69, 9.17) is 9.47 Å². The molecule has 19 heavy (non-hydrogen) atoms. The standard InChI is InChI=1S/C15H21BrO3/c1-10-3-5-12(6-4-10)19-15-13(16)7-11(9-17)8-14(15)18-2/h7-8,10,12,17H,3-6,9H2,1-2H3. The highest BCUT2D eigenvalue weighted by Gasteiger charge is 2.22. The Morgan fingerprint density at radius 1 is 1.26 bits per heavy atom. The summed E-state index contributed by atoms with van der Waals surface area (Å²) in [6.07, 6.45) is 4.90. The first-order valence-electron chi connectivity index (χ1n) is 6.78. The van der Waals surface area contributed by atoms with Crippen molar-refractivity contribution in [1.29, 1.82) is 0 Å². The topological polar surface area (TPSA) is 38.7 Å². The van der Waals surface area contributed by atoms with Crippen LogP contribution >= 0.6 is 15.9 Å². The van der Waals surface area contributed by atoms with E-state index in [-0.39, 0.29) is 12.7 Å². The van der Waals surface area contributed by atoms with Gasteiger partial charge < -0.3 is 14.6 Å². The summed E-state index contributed by atoms with van der Waals surface area (Å²) in [5, 5.41) is 9.21. The predicted octanol–water partition coefficient (Wildman–Crippen LogP) is 3.91. The van der Waals surface area contributed by atoms with Gasteiger partial charge in [-0.25, -0.2) is 0 Å². The fraction of sp³-hybridized carbons (Fsp3) is 0.600. The first kappa shape index (κ1) is 14.7. The maximum absolute atomic E-state index is 9.21. The molecule has 1 N–H and O–H groups in total. The molecule has 0 unspecified atom stereocenters. The quantitative estimate of drug-likeness (QED) is 0.910. The molecule has 1 aliphatic rings. The Bertz CT molecular complexity index is 426. The number of hydrogen-bond acceptors (Lipinski definition) is 3. The number of aliphatic hydroxyl groups is 1. The van der Waals surface area contributed by atoms with E-state index in [1.54, 1.807) is 7.11 Å². The number of aliphatic hydroxyl groups excluding tert-OH is 1. The molecule has 1 aromatic carbocycles. The van der Waals surface area contributed by atoms with Gasteiger partial charge >= 0.3 is 0 Å². The molecule has 3 nitrogen and oxygen atoms in total. The summed E-state index contributed by atoms with van der Waals surface area (Å²) in [6, 6.07) is 3.70. The van der Waals surface area contributed by atoms with Gasteiger partial charge in [-0.3, -0.25) is 0 Å². The van der Waals surface area contributed by atoms with Gasteiger partial charge in [-0.05, 0) is 65.2 Å². The molecule has 1 aliphatic carbocycles. The Morgan fingerprint density at radius 3 is 2.53 bits per heavy atom. The lowest BCUT2D eigenvalue weighted by Gasteiger charge is -2.28. The zero-order valence-corrected chi connectivity index (χ0v) is 13.1. The molecule has 0 aliphatic heterocycles. The minimum absolute atomic E-state index is 0.00379. The van der Waals surface area contributed by atoms with Crippen molar-refractivity contribution in [3.63, 3.8) is 0 Å². The van der Waals surface area contributed by atoms with E-state index in [9.17, 15) is 5.11 Å². The number of rotatable bonds is 4. The Hall–Kier alpha value is -0.740. The molecule has 1 aromatic rings. The first-order chi connectivity index (χ1) is 9.13. The highest BCUT2D eigenvalue weighted by Crippen LogP contribution is 2.39. The van der Waals surface area contributed by atoms with Crippen molar-refractivity contribution in [2.24, 2.45) is 5.92 Å². The van der Waals surface area contributed by atoms with Gasteiger partial charge in [0, 0.05) is 0 Å². The van der Waals surface area contributed by atoms with Gasteiger partial charge in [-0.15, -0.1) is 0 Å². The molecule has 0 saturated heterocycles. The lowest BCUT2D eigenvalue weighted by Crippen LogP contribution is -2.23. The normalized spacial score (nSPS) is 23.2. The van der Waals surface area contributed by atoms with Gasteiger partial charge in [0.1, 0.15) is 0 Å². The van der Waals surface area contributed by atoms with E-state index in [1.807, 2.05) is 12.1 Å². The van der Waals surface area contributed by atoms with Crippen LogP contribution in [0.3, 0.4) is 0 Å². The highest BCUT2D eigenvalue weighted by atomic mass is 79.9. The van der Waals surface area contributed by atoms with Crippen LogP contribution in [-0.2, 0) is 6.61 Å². The zero-order chi connectivity index (χ0) is 13.8. The maximum atomic E-state index is 9.21. The van der Waals surface area contributed by atoms with E-state index in [0.29, 0.717) is 5.75 Å². The number of ether oxygens (including phenoxy) is 2. The molecule has 1 fully saturated rings. The summed E-state index contributed by atoms with van der Waals surface area (Å²) >= 11 is 3.50. The van der Waals surface area contributed by atoms with Gasteiger partial charge in [0.25, 0.3) is 0 Å². The maximum Gasteiger partial charge on any atom is 0.175 e. The van der Waals surface area contributed by atoms with Crippen molar-refractivity contribution in [1.82, 2.24) is 0 Å². The fourth-order valence-corrected chi connectivity index (χ4v) is 3.08. The lowest BCUT2D eigenvalue weighted by atomic mass is 9.89. The smallest absolute Gasteiger partial charge is 0.175 e. The van der Waals surface area contributed by atoms with Crippen LogP contribution in [0.25, 0.3) is 0 Å². The van der Waals surface area contributed by atoms with Crippen molar-refractivity contribution in [3.05, 3.63) is 22.2 Å². The molecule has 0 heterocycles. The first-order valence-corrected chi connectivity index (χ1v) is 7.57. The van der Waals surface area contributed by atoms with Crippen LogP contribution in [0.2, 0.25) is 0 Å². The minimum Gasteiger partial charge on any atom is -0.493 e. The van der Waals surface area contributed by atoms with Crippen LogP contribution in [-0.4, -0.2) is 18.3 Å². The predicted molar refractivity (Wildman–Crippen MR) is 78.7 cm³/mol. The van der Waals surface area contributed by atoms with Gasteiger partial charge in [0.2, 0.25) is 0 Å². The van der Waals surface area contributed by atoms with Crippen molar-refractivity contribution < 1.29 is 14.6 Å². The van der Waals surface area contributed by atoms with Crippen LogP contribution < -0.4 is 9.47 Å². The molecule has 106 valence electrons. The van der Waals surface area contributed by atoms with Crippen molar-refractivity contribution in [2.45, 2.75) is 45.3 Å². The summed E-state index contributed by atoms with van der Waals surface area (Å²) in [5.41, 5.74) is 0.813. The Morgan fingerprint density at radius 2 is 1.95 bits per heavy atom. The van der Waals surface area contributed by atoms with Crippen LogP contribution in [0.5, 0.6) is 11.5 Å². The fourth-order valence-electron chi connectivity index (χ4n) is 2.49. The molecular formula is C15H21BrO3. The Balaban J connectivity index is 2.15. The molecule has 0 radical (unpaired) electrons. The molecule has 1 saturated carbocycles. The number of benzene rings is 1. The van der Waals surface area contributed by atoms with E-state index in [0.717, 1.165) is 34.5 Å². The molecule has 0 bridgehead atoms. The Labute approximate surface area is 123 Å². The average molecular weight is 329 g/mol. The second-order valence-corrected chi connectivity index (χ2v) is 6.12. The molecule has 4 heteroatoms. The highest BCUT2D eigenvalue weighted by molar-refractivity contribution is 9.10. The number of halogens is 1. The molecular weight excluding hydrogens is 308 g/mol. The Kier molecular flexibility index (Phi) is 5.11. The summed E-state index contributed by atoms with van der Waals surface area (Å²) in [7, 11) is 1.62. The van der Waals surface area contributed by atoms with E-state index < -0.39 is 0 Å². The number of hydrogen-bond donors (Lipinski definition) is 1. The average Bonchev–Trinajstić information content (AvgIpc) is 2.43. The van der Waals surface area contributed by atoms with Gasteiger partial charge in [-0.2, -0.15) is 0 Å². The number of methoxy groups -OCH3 is 1. The van der Waals surface area contributed by atoms with Crippen molar-refractivity contribution >= 4 is 15.9 Å². The zero-order valence-electron chi connectivity index (χ0n) is 11.5. The van der Waals surface area contributed by atoms with E-state index in [2.05, 4.69) is 22.9 Å². The van der Waals surface area contributed by atoms with E-state index in [1.165, 1.54) is 12.8 Å². The van der Waals surface area contributed by atoms with Crippen LogP contribution in [0, 0.1) is 5.92 Å². The molecule has 0 atom stereocenters. The third kappa shape index (κ3) is 3.63. The van der Waals surface area contributed by atoms with Crippen LogP contribution in [0.4, 0.5) is 0 Å². The van der Waals surface area contributed by atoms with Crippen molar-refractivity contribution in [2.75, 3.05) is 7.11 Å². The largest absolute Gasteiger partial charge is 0.493 e. The van der Waals surface area contributed by atoms with Crippen LogP contribution in [0.15, 0.2) is 16.6 Å². The summed E-state index contributed by atoms with van der Waals surface area (Å²) in [6.45, 7) is 2.29. The third-order valence-electron chi connectivity index (χ3n) is 3.72. The molecule has 2 rings (SSSR count). The molecule has 0 amide bonds.